The van der Waals surface area contributed by atoms with Gasteiger partial charge in [0.1, 0.15) is 0 Å². The third kappa shape index (κ3) is 20.4. The van der Waals surface area contributed by atoms with Crippen LogP contribution < -0.4 is 0 Å². The molecular formula is C62H108N4O14Si9. The Morgan fingerprint density at radius 1 is 0.393 bits per heavy atom. The summed E-state index contributed by atoms with van der Waals surface area (Å²) < 4.78 is 41.1. The molecule has 8 amide bonds. The quantitative estimate of drug-likeness (QED) is 0.0472. The Balaban J connectivity index is 0.943. The van der Waals surface area contributed by atoms with Crippen LogP contribution in [0.3, 0.4) is 0 Å². The zero-order valence-electron chi connectivity index (χ0n) is 58.1. The minimum Gasteiger partial charge on any atom is -0.437 e. The van der Waals surface area contributed by atoms with Gasteiger partial charge in [-0.1, -0.05) is 45.2 Å². The number of carbonyl (C=O) groups excluding carboxylic acids is 8. The molecule has 4 aliphatic rings. The van der Waals surface area contributed by atoms with Gasteiger partial charge in [0.25, 0.3) is 23.6 Å². The third-order valence-electron chi connectivity index (χ3n) is 17.3. The molecule has 18 nitrogen and oxygen atoms in total. The van der Waals surface area contributed by atoms with Gasteiger partial charge in [-0.2, -0.15) is 0 Å². The predicted molar refractivity (Wildman–Crippen MR) is 373 cm³/mol. The first kappa shape index (κ1) is 74.7. The second kappa shape index (κ2) is 28.3. The average Bonchev–Trinajstić information content (AvgIpc) is 1.68. The van der Waals surface area contributed by atoms with Gasteiger partial charge in [-0.3, -0.25) is 58.0 Å². The van der Waals surface area contributed by atoms with Crippen molar-refractivity contribution < 1.29 is 63.0 Å². The standard InChI is InChI=1S/C62H108N4O14Si9/c1-45(2)31-37-83(9,10)77-88(19,20)79-85(13,14)39-33-64-59(71)51-29-27-47(41-53(51)61(64)73)48-28-30-52-54(42-48)62(74)65(60(52)72)34-40-86(15,16)80-89(21,22)78-84(11,12)38-32-63-55(67)43-49(57(63)69)25-23-35-81(5,6)75-87(17,18)76-82(7,8)36-24-26-50-44-56(68)66(46(3)4)58(50)70/h27-30,41-42,45-46,49-50H,23-26,31-40,43-44H2,1-22H3. The van der Waals surface area contributed by atoms with Crippen molar-refractivity contribution in [2.24, 2.45) is 17.8 Å². The average molecular weight is 1390 g/mol. The maximum atomic E-state index is 14.1. The van der Waals surface area contributed by atoms with Crippen LogP contribution in [0, 0.1) is 17.8 Å². The molecular weight excluding hydrogens is 1280 g/mol. The normalized spacial score (nSPS) is 18.7. The lowest BCUT2D eigenvalue weighted by Crippen LogP contribution is -2.53. The topological polar surface area (TPSA) is 205 Å². The summed E-state index contributed by atoms with van der Waals surface area (Å²) in [4.78, 5) is 113. The lowest BCUT2D eigenvalue weighted by Gasteiger charge is -2.39. The van der Waals surface area contributed by atoms with Gasteiger partial charge in [-0.15, -0.1) is 0 Å². The molecule has 2 unspecified atom stereocenters. The summed E-state index contributed by atoms with van der Waals surface area (Å²) >= 11 is 0. The van der Waals surface area contributed by atoms with Crippen LogP contribution in [0.4, 0.5) is 0 Å². The summed E-state index contributed by atoms with van der Waals surface area (Å²) in [5.74, 6) is -1.86. The molecule has 89 heavy (non-hydrogen) atoms. The summed E-state index contributed by atoms with van der Waals surface area (Å²) in [7, 11) is -21.5. The van der Waals surface area contributed by atoms with Crippen molar-refractivity contribution in [1.82, 2.24) is 19.6 Å². The van der Waals surface area contributed by atoms with Crippen LogP contribution in [0.25, 0.3) is 11.1 Å². The van der Waals surface area contributed by atoms with Gasteiger partial charge < -0.3 is 24.7 Å². The van der Waals surface area contributed by atoms with E-state index in [2.05, 4.69) is 119 Å². The largest absolute Gasteiger partial charge is 0.437 e. The van der Waals surface area contributed by atoms with E-state index in [0.717, 1.165) is 37.4 Å². The van der Waals surface area contributed by atoms with Crippen LogP contribution in [-0.4, -0.2) is 168 Å². The molecule has 0 N–H and O–H groups in total. The molecule has 2 aromatic carbocycles. The molecule has 2 atom stereocenters. The van der Waals surface area contributed by atoms with Crippen molar-refractivity contribution in [2.45, 2.75) is 233 Å². The Kier molecular flexibility index (Phi) is 23.8. The summed E-state index contributed by atoms with van der Waals surface area (Å²) in [6.07, 6.45) is 4.51. The zero-order valence-corrected chi connectivity index (χ0v) is 67.1. The molecule has 2 fully saturated rings. The van der Waals surface area contributed by atoms with Gasteiger partial charge in [0.2, 0.25) is 23.6 Å². The van der Waals surface area contributed by atoms with Crippen molar-refractivity contribution in [2.75, 3.05) is 19.6 Å². The first-order valence-electron chi connectivity index (χ1n) is 32.6. The van der Waals surface area contributed by atoms with Gasteiger partial charge in [0.05, 0.1) is 22.3 Å². The number of benzene rings is 2. The molecule has 2 aromatic rings. The van der Waals surface area contributed by atoms with Crippen LogP contribution in [0.1, 0.15) is 114 Å². The molecule has 0 bridgehead atoms. The Morgan fingerprint density at radius 3 is 1.06 bits per heavy atom. The molecule has 4 aliphatic heterocycles. The van der Waals surface area contributed by atoms with E-state index in [1.165, 1.54) is 19.6 Å². The monoisotopic (exact) mass is 1380 g/mol. The molecule has 6 rings (SSSR count). The van der Waals surface area contributed by atoms with Crippen molar-refractivity contribution >= 4 is 123 Å². The third-order valence-corrected chi connectivity index (χ3v) is 51.3. The van der Waals surface area contributed by atoms with E-state index in [4.69, 9.17) is 24.7 Å². The minimum atomic E-state index is -2.80. The van der Waals surface area contributed by atoms with Crippen molar-refractivity contribution in [3.05, 3.63) is 58.7 Å². The molecule has 0 radical (unpaired) electrons. The highest BCUT2D eigenvalue weighted by molar-refractivity contribution is 6.89. The SMILES string of the molecule is CC(C)CC[Si](C)(C)O[Si](C)(C)O[Si](C)(C)CCN1C(=O)c2ccc(-c3ccc4c(c3)C(=O)N(CC[Si](C)(C)O[Si](C)(C)O[Si](C)(C)CCN3C(=O)CC(CCC[Si](C)(C)O[Si](C)(C)O[Si](C)(C)CCCC5CC(=O)N(C(C)C)C5=O)C3=O)C4=O)cc2C1=O. The van der Waals surface area contributed by atoms with Crippen LogP contribution in [-0.2, 0) is 43.9 Å². The number of rotatable bonds is 34. The second-order valence-corrected chi connectivity index (χ2v) is 68.7. The second-order valence-electron chi connectivity index (χ2n) is 31.3. The zero-order chi connectivity index (χ0) is 67.0. The van der Waals surface area contributed by atoms with Gasteiger partial charge >= 0.3 is 25.7 Å². The smallest absolute Gasteiger partial charge is 0.311 e. The predicted octanol–water partition coefficient (Wildman–Crippen LogP) is 13.7. The number of fused-ring (bicyclic) bond motifs is 2. The van der Waals surface area contributed by atoms with Gasteiger partial charge in [-0.05, 0) is 222 Å². The van der Waals surface area contributed by atoms with Crippen LogP contribution in [0.5, 0.6) is 0 Å². The number of carbonyl (C=O) groups is 8. The molecule has 0 spiro atoms. The maximum Gasteiger partial charge on any atom is 0.311 e. The number of amides is 8. The number of likely N-dealkylation sites (tertiary alicyclic amines) is 2. The number of imide groups is 4. The fraction of sp³-hybridized carbons (Fsp3) is 0.677. The van der Waals surface area contributed by atoms with E-state index in [-0.39, 0.29) is 84.3 Å². The number of hydrogen-bond donors (Lipinski definition) is 0. The molecule has 496 valence electrons. The fourth-order valence-electron chi connectivity index (χ4n) is 13.7. The van der Waals surface area contributed by atoms with Gasteiger partial charge in [0, 0.05) is 50.4 Å². The van der Waals surface area contributed by atoms with Crippen molar-refractivity contribution in [3.8, 4) is 11.1 Å². The van der Waals surface area contributed by atoms with E-state index < -0.39 is 81.5 Å². The van der Waals surface area contributed by atoms with E-state index in [1.807, 2.05) is 26.9 Å². The molecule has 0 aliphatic carbocycles. The first-order valence-corrected chi connectivity index (χ1v) is 59.7. The summed E-state index contributed by atoms with van der Waals surface area (Å²) in [6.45, 7) is 47.2. The Morgan fingerprint density at radius 2 is 0.708 bits per heavy atom. The molecule has 4 heterocycles. The Labute approximate surface area is 542 Å². The first-order chi connectivity index (χ1) is 40.6. The summed E-state index contributed by atoms with van der Waals surface area (Å²) in [5, 5.41) is 0. The van der Waals surface area contributed by atoms with E-state index in [0.29, 0.717) is 77.7 Å². The lowest BCUT2D eigenvalue weighted by atomic mass is 9.97. The van der Waals surface area contributed by atoms with E-state index >= 15 is 0 Å². The number of nitrogens with zero attached hydrogens (tertiary/aromatic N) is 4. The van der Waals surface area contributed by atoms with Crippen molar-refractivity contribution in [1.29, 1.82) is 0 Å². The molecule has 0 aromatic heterocycles. The van der Waals surface area contributed by atoms with Crippen molar-refractivity contribution in [3.63, 3.8) is 0 Å². The highest BCUT2D eigenvalue weighted by atomic mass is 28.5. The van der Waals surface area contributed by atoms with Crippen LogP contribution in [0.2, 0.25) is 154 Å². The fourth-order valence-corrected chi connectivity index (χ4v) is 55.4. The molecule has 2 saturated heterocycles. The van der Waals surface area contributed by atoms with Crippen LogP contribution in [0.15, 0.2) is 36.4 Å². The highest BCUT2D eigenvalue weighted by Gasteiger charge is 2.47. The molecule has 27 heteroatoms. The van der Waals surface area contributed by atoms with Gasteiger partial charge in [0.15, 0.2) is 49.9 Å². The number of hydrogen-bond acceptors (Lipinski definition) is 14. The highest BCUT2D eigenvalue weighted by Crippen LogP contribution is 2.37. The van der Waals surface area contributed by atoms with Gasteiger partial charge in [-0.25, -0.2) is 0 Å². The maximum absolute atomic E-state index is 14.1. The van der Waals surface area contributed by atoms with E-state index in [9.17, 15) is 38.4 Å². The van der Waals surface area contributed by atoms with Crippen LogP contribution >= 0.6 is 0 Å². The summed E-state index contributed by atoms with van der Waals surface area (Å²) in [6, 6.07) is 14.6. The Bertz CT molecular complexity index is 3020. The minimum absolute atomic E-state index is 0.0511. The lowest BCUT2D eigenvalue weighted by molar-refractivity contribution is -0.142. The van der Waals surface area contributed by atoms with E-state index in [1.54, 1.807) is 36.4 Å². The molecule has 0 saturated carbocycles. The summed E-state index contributed by atoms with van der Waals surface area (Å²) in [5.41, 5.74) is 2.54. The Hall–Kier alpha value is -3.29.